The van der Waals surface area contributed by atoms with Gasteiger partial charge in [0, 0.05) is 50.8 Å². The summed E-state index contributed by atoms with van der Waals surface area (Å²) in [6, 6.07) is 48.1. The van der Waals surface area contributed by atoms with Crippen LogP contribution in [-0.2, 0) is 0 Å². The first-order valence-electron chi connectivity index (χ1n) is 13.7. The van der Waals surface area contributed by atoms with E-state index in [9.17, 15) is 0 Å². The molecule has 1 heterocycles. The largest absolute Gasteiger partial charge is 0.361 e. The third-order valence-corrected chi connectivity index (χ3v) is 7.41. The number of hydrogen-bond acceptors (Lipinski definition) is 3. The van der Waals surface area contributed by atoms with E-state index >= 15 is 0 Å². The van der Waals surface area contributed by atoms with Crippen molar-refractivity contribution in [2.75, 3.05) is 10.2 Å². The lowest BCUT2D eigenvalue weighted by molar-refractivity contribution is 1.07. The average molecular weight is 529 g/mol. The summed E-state index contributed by atoms with van der Waals surface area (Å²) in [5, 5.41) is 15.4. The average Bonchev–Trinajstić information content (AvgIpc) is 3.35. The molecule has 2 N–H and O–H groups in total. The lowest BCUT2D eigenvalue weighted by Crippen LogP contribution is -2.33. The number of anilines is 4. The Labute approximate surface area is 239 Å². The number of rotatable bonds is 6. The maximum atomic E-state index is 8.76. The number of nitrogens with one attached hydrogen (secondary N) is 2. The number of allylic oxidation sites excluding steroid dienone is 1. The zero-order chi connectivity index (χ0) is 27.6. The van der Waals surface area contributed by atoms with Crippen LogP contribution in [0.5, 0.6) is 0 Å². The van der Waals surface area contributed by atoms with Gasteiger partial charge in [-0.05, 0) is 78.9 Å². The Morgan fingerprint density at radius 1 is 0.585 bits per heavy atom. The molecule has 7 rings (SSSR count). The van der Waals surface area contributed by atoms with Crippen molar-refractivity contribution in [3.05, 3.63) is 162 Å². The molecule has 0 aliphatic heterocycles. The number of benzene rings is 5. The van der Waals surface area contributed by atoms with E-state index in [1.807, 2.05) is 54.7 Å². The van der Waals surface area contributed by atoms with Gasteiger partial charge in [-0.25, -0.2) is 0 Å². The number of nitrogens with zero attached hydrogens (tertiary/aromatic N) is 2. The highest BCUT2D eigenvalue weighted by Crippen LogP contribution is 2.34. The Morgan fingerprint density at radius 2 is 1.15 bits per heavy atom. The molecule has 0 saturated heterocycles. The summed E-state index contributed by atoms with van der Waals surface area (Å²) in [5.74, 6) is 0. The second-order valence-corrected chi connectivity index (χ2v) is 9.99. The van der Waals surface area contributed by atoms with Crippen molar-refractivity contribution >= 4 is 51.5 Å². The molecule has 1 aromatic heterocycles. The van der Waals surface area contributed by atoms with Crippen LogP contribution in [0.2, 0.25) is 0 Å². The van der Waals surface area contributed by atoms with Crippen molar-refractivity contribution in [3.8, 4) is 5.69 Å². The van der Waals surface area contributed by atoms with Crippen molar-refractivity contribution in [2.24, 2.45) is 0 Å². The number of fused-ring (bicyclic) bond motifs is 3. The zero-order valence-corrected chi connectivity index (χ0v) is 22.4. The van der Waals surface area contributed by atoms with Crippen molar-refractivity contribution in [3.63, 3.8) is 0 Å². The summed E-state index contributed by atoms with van der Waals surface area (Å²) in [6.07, 6.45) is 6.01. The molecule has 0 fully saturated rings. The molecule has 0 amide bonds. The van der Waals surface area contributed by atoms with Crippen LogP contribution >= 0.6 is 0 Å². The van der Waals surface area contributed by atoms with E-state index in [0.717, 1.165) is 55.5 Å². The van der Waals surface area contributed by atoms with Gasteiger partial charge in [0.25, 0.3) is 0 Å². The monoisotopic (exact) mass is 528 g/mol. The highest BCUT2D eigenvalue weighted by atomic mass is 15.1. The molecule has 0 radical (unpaired) electrons. The Bertz CT molecular complexity index is 1970. The molecule has 0 saturated carbocycles. The van der Waals surface area contributed by atoms with Gasteiger partial charge in [-0.15, -0.1) is 0 Å². The second-order valence-electron chi connectivity index (χ2n) is 9.99. The minimum absolute atomic E-state index is 0.487. The summed E-state index contributed by atoms with van der Waals surface area (Å²) in [5.41, 5.74) is 7.80. The van der Waals surface area contributed by atoms with Crippen LogP contribution in [0.15, 0.2) is 151 Å². The van der Waals surface area contributed by atoms with Gasteiger partial charge >= 0.3 is 0 Å². The normalized spacial score (nSPS) is 13.4. The van der Waals surface area contributed by atoms with Gasteiger partial charge in [0.05, 0.1) is 16.6 Å². The Morgan fingerprint density at radius 3 is 1.80 bits per heavy atom. The van der Waals surface area contributed by atoms with E-state index in [2.05, 4.69) is 118 Å². The number of hydrogen-bond donors (Lipinski definition) is 2. The van der Waals surface area contributed by atoms with Crippen molar-refractivity contribution < 1.29 is 0 Å². The smallest absolute Gasteiger partial charge is 0.0634 e. The van der Waals surface area contributed by atoms with Gasteiger partial charge in [0.2, 0.25) is 0 Å². The van der Waals surface area contributed by atoms with Crippen LogP contribution in [0, 0.1) is 5.41 Å². The van der Waals surface area contributed by atoms with Crippen LogP contribution in [0.3, 0.4) is 0 Å². The lowest BCUT2D eigenvalue weighted by Gasteiger charge is -2.25. The van der Waals surface area contributed by atoms with Crippen LogP contribution in [-0.4, -0.2) is 10.3 Å². The molecule has 1 aliphatic carbocycles. The van der Waals surface area contributed by atoms with Crippen molar-refractivity contribution in [2.45, 2.75) is 0 Å². The van der Waals surface area contributed by atoms with E-state index < -0.39 is 0 Å². The summed E-state index contributed by atoms with van der Waals surface area (Å²) < 4.78 is 2.29. The first kappa shape index (κ1) is 24.4. The highest BCUT2D eigenvalue weighted by Gasteiger charge is 2.16. The molecule has 0 bridgehead atoms. The van der Waals surface area contributed by atoms with Crippen LogP contribution in [0.4, 0.5) is 22.7 Å². The third kappa shape index (κ3) is 4.62. The van der Waals surface area contributed by atoms with E-state index in [0.29, 0.717) is 5.71 Å². The number of para-hydroxylation sites is 4. The Kier molecular flexibility index (Phi) is 6.26. The lowest BCUT2D eigenvalue weighted by atomic mass is 10.0. The van der Waals surface area contributed by atoms with Crippen LogP contribution in [0.1, 0.15) is 0 Å². The van der Waals surface area contributed by atoms with E-state index in [1.165, 1.54) is 0 Å². The summed E-state index contributed by atoms with van der Waals surface area (Å²) in [4.78, 5) is 2.27. The van der Waals surface area contributed by atoms with Crippen LogP contribution < -0.4 is 20.8 Å². The highest BCUT2D eigenvalue weighted by molar-refractivity contribution is 6.25. The summed E-state index contributed by atoms with van der Waals surface area (Å²) in [6.45, 7) is 0. The Balaban J connectivity index is 1.35. The zero-order valence-electron chi connectivity index (χ0n) is 22.4. The van der Waals surface area contributed by atoms with Gasteiger partial charge in [0.15, 0.2) is 0 Å². The van der Waals surface area contributed by atoms with Crippen molar-refractivity contribution in [1.82, 2.24) is 4.57 Å². The minimum Gasteiger partial charge on any atom is -0.361 e. The topological polar surface area (TPSA) is 44.1 Å². The van der Waals surface area contributed by atoms with E-state index in [-0.39, 0.29) is 0 Å². The van der Waals surface area contributed by atoms with Gasteiger partial charge in [-0.1, -0.05) is 72.8 Å². The molecule has 0 atom stereocenters. The molecule has 41 heavy (non-hydrogen) atoms. The molecule has 1 aliphatic rings. The maximum absolute atomic E-state index is 8.76. The molecule has 6 aromatic rings. The third-order valence-electron chi connectivity index (χ3n) is 7.41. The molecular formula is C37H28N4. The first-order chi connectivity index (χ1) is 20.3. The summed E-state index contributed by atoms with van der Waals surface area (Å²) in [7, 11) is 0. The molecule has 4 nitrogen and oxygen atoms in total. The number of aromatic nitrogens is 1. The standard InChI is InChI=1S/C37H28N4/c38-35-25-34-33-18-10-11-19-36(33)41(37(34)24-27(35)26-39-28-12-4-1-5-13-28)32-22-20-31(21-23-32)40(29-14-6-2-7-15-29)30-16-8-3-9-17-30/h1-26,38-39H/b27-26-,38-35?. The molecule has 5 aromatic carbocycles. The predicted octanol–water partition coefficient (Wildman–Crippen LogP) is 7.69. The van der Waals surface area contributed by atoms with E-state index in [1.54, 1.807) is 0 Å². The van der Waals surface area contributed by atoms with E-state index in [4.69, 9.17) is 5.41 Å². The van der Waals surface area contributed by atoms with Crippen molar-refractivity contribution in [1.29, 1.82) is 5.41 Å². The summed E-state index contributed by atoms with van der Waals surface area (Å²) >= 11 is 0. The van der Waals surface area contributed by atoms with Gasteiger partial charge in [-0.2, -0.15) is 0 Å². The second kappa shape index (κ2) is 10.5. The molecule has 0 spiro atoms. The SMILES string of the molecule is N=C1C=c2c(n(-c3ccc(N(c4ccccc4)c4ccccc4)cc3)c3ccccc23)=C/C1=C/Nc1ccccc1. The fourth-order valence-electron chi connectivity index (χ4n) is 5.48. The predicted molar refractivity (Wildman–Crippen MR) is 172 cm³/mol. The van der Waals surface area contributed by atoms with Gasteiger partial charge in [-0.3, -0.25) is 0 Å². The van der Waals surface area contributed by atoms with Gasteiger partial charge in [0.1, 0.15) is 0 Å². The van der Waals surface area contributed by atoms with Gasteiger partial charge < -0.3 is 20.2 Å². The fraction of sp³-hybridized carbons (Fsp3) is 0. The fourth-order valence-corrected chi connectivity index (χ4v) is 5.48. The first-order valence-corrected chi connectivity index (χ1v) is 13.7. The molecule has 0 unspecified atom stereocenters. The Hall–Kier alpha value is -5.61. The quantitative estimate of drug-likeness (QED) is 0.233. The molecule has 4 heteroatoms. The van der Waals surface area contributed by atoms with Crippen LogP contribution in [0.25, 0.3) is 28.7 Å². The molecular weight excluding hydrogens is 500 g/mol. The molecule has 196 valence electrons. The maximum Gasteiger partial charge on any atom is 0.0634 e. The minimum atomic E-state index is 0.487.